The third-order valence-electron chi connectivity index (χ3n) is 4.59. The van der Waals surface area contributed by atoms with Gasteiger partial charge in [-0.05, 0) is 41.2 Å². The lowest BCUT2D eigenvalue weighted by molar-refractivity contribution is 0.176. The minimum atomic E-state index is 0.230. The Bertz CT molecular complexity index is 338. The fraction of sp³-hybridized carbons (Fsp3) is 0.647. The highest BCUT2D eigenvalue weighted by Crippen LogP contribution is 2.44. The van der Waals surface area contributed by atoms with Crippen molar-refractivity contribution in [2.24, 2.45) is 5.41 Å². The summed E-state index contributed by atoms with van der Waals surface area (Å²) in [5.74, 6) is 1.29. The second-order valence-electron chi connectivity index (χ2n) is 6.32. The van der Waals surface area contributed by atoms with Crippen LogP contribution in [-0.2, 0) is 5.41 Å². The van der Waals surface area contributed by atoms with E-state index in [0.29, 0.717) is 5.41 Å². The molecule has 0 amide bonds. The van der Waals surface area contributed by atoms with Gasteiger partial charge in [0.15, 0.2) is 0 Å². The van der Waals surface area contributed by atoms with Crippen LogP contribution in [0.2, 0.25) is 0 Å². The summed E-state index contributed by atoms with van der Waals surface area (Å²) in [7, 11) is 0. The van der Waals surface area contributed by atoms with Gasteiger partial charge in [-0.15, -0.1) is 0 Å². The molecule has 18 heavy (non-hydrogen) atoms. The van der Waals surface area contributed by atoms with E-state index in [9.17, 15) is 0 Å². The maximum atomic E-state index is 2.42. The Hall–Kier alpha value is -0.430. The highest BCUT2D eigenvalue weighted by molar-refractivity contribution is 7.98. The number of thioether (sulfide) groups is 1. The monoisotopic (exact) mass is 264 g/mol. The summed E-state index contributed by atoms with van der Waals surface area (Å²) < 4.78 is 0. The average Bonchev–Trinajstić information content (AvgIpc) is 2.35. The molecular formula is C17H28S. The lowest BCUT2D eigenvalue weighted by Crippen LogP contribution is -2.36. The van der Waals surface area contributed by atoms with Crippen LogP contribution in [0.3, 0.4) is 0 Å². The molecule has 0 aliphatic heterocycles. The first-order chi connectivity index (χ1) is 8.42. The predicted octanol–water partition coefficient (Wildman–Crippen LogP) is 5.52. The molecule has 0 N–H and O–H groups in total. The SMILES string of the molecule is CSCCCCC(C)(C)C(C)(C)c1ccccc1. The van der Waals surface area contributed by atoms with Gasteiger partial charge in [-0.3, -0.25) is 0 Å². The van der Waals surface area contributed by atoms with Crippen molar-refractivity contribution in [3.05, 3.63) is 35.9 Å². The summed E-state index contributed by atoms with van der Waals surface area (Å²) in [6.07, 6.45) is 6.17. The van der Waals surface area contributed by atoms with Crippen molar-refractivity contribution in [3.8, 4) is 0 Å². The van der Waals surface area contributed by atoms with Gasteiger partial charge in [-0.2, -0.15) is 11.8 Å². The highest BCUT2D eigenvalue weighted by atomic mass is 32.2. The van der Waals surface area contributed by atoms with Crippen molar-refractivity contribution in [2.75, 3.05) is 12.0 Å². The molecule has 0 aliphatic rings. The van der Waals surface area contributed by atoms with E-state index in [1.165, 1.54) is 30.6 Å². The zero-order valence-corrected chi connectivity index (χ0v) is 13.4. The molecule has 0 aromatic heterocycles. The lowest BCUT2D eigenvalue weighted by atomic mass is 9.62. The zero-order valence-electron chi connectivity index (χ0n) is 12.6. The van der Waals surface area contributed by atoms with Gasteiger partial charge in [0.2, 0.25) is 0 Å². The summed E-state index contributed by atoms with van der Waals surface area (Å²) in [5, 5.41) is 0. The molecule has 0 nitrogen and oxygen atoms in total. The summed E-state index contributed by atoms with van der Waals surface area (Å²) in [6, 6.07) is 10.9. The summed E-state index contributed by atoms with van der Waals surface area (Å²) in [6.45, 7) is 9.60. The first-order valence-electron chi connectivity index (χ1n) is 6.96. The Morgan fingerprint density at radius 2 is 1.56 bits per heavy atom. The summed E-state index contributed by atoms with van der Waals surface area (Å²) >= 11 is 1.96. The molecule has 0 fully saturated rings. The molecule has 1 heteroatoms. The van der Waals surface area contributed by atoms with E-state index in [1.54, 1.807) is 0 Å². The van der Waals surface area contributed by atoms with Crippen LogP contribution in [0.1, 0.15) is 52.5 Å². The Balaban J connectivity index is 2.70. The van der Waals surface area contributed by atoms with E-state index in [1.807, 2.05) is 11.8 Å². The van der Waals surface area contributed by atoms with Crippen molar-refractivity contribution in [2.45, 2.75) is 52.4 Å². The van der Waals surface area contributed by atoms with Crippen molar-refractivity contribution in [3.63, 3.8) is 0 Å². The van der Waals surface area contributed by atoms with Crippen LogP contribution in [0.25, 0.3) is 0 Å². The van der Waals surface area contributed by atoms with Gasteiger partial charge in [0.25, 0.3) is 0 Å². The fourth-order valence-corrected chi connectivity index (χ4v) is 2.86. The molecule has 0 aliphatic carbocycles. The number of unbranched alkanes of at least 4 members (excludes halogenated alkanes) is 1. The minimum Gasteiger partial charge on any atom is -0.165 e. The van der Waals surface area contributed by atoms with E-state index in [4.69, 9.17) is 0 Å². The molecule has 0 bridgehead atoms. The van der Waals surface area contributed by atoms with Gasteiger partial charge in [0.1, 0.15) is 0 Å². The van der Waals surface area contributed by atoms with Crippen molar-refractivity contribution in [1.82, 2.24) is 0 Å². The second kappa shape index (κ2) is 6.65. The van der Waals surface area contributed by atoms with Crippen LogP contribution in [0.5, 0.6) is 0 Å². The van der Waals surface area contributed by atoms with Gasteiger partial charge in [0.05, 0.1) is 0 Å². The second-order valence-corrected chi connectivity index (χ2v) is 7.31. The molecule has 0 unspecified atom stereocenters. The average molecular weight is 264 g/mol. The quantitative estimate of drug-likeness (QED) is 0.584. The van der Waals surface area contributed by atoms with Gasteiger partial charge in [0, 0.05) is 0 Å². The minimum absolute atomic E-state index is 0.230. The smallest absolute Gasteiger partial charge is 0.00524 e. The Morgan fingerprint density at radius 3 is 2.11 bits per heavy atom. The molecule has 1 aromatic rings. The largest absolute Gasteiger partial charge is 0.165 e. The van der Waals surface area contributed by atoms with Gasteiger partial charge >= 0.3 is 0 Å². The van der Waals surface area contributed by atoms with Crippen LogP contribution in [0.15, 0.2) is 30.3 Å². The van der Waals surface area contributed by atoms with E-state index < -0.39 is 0 Å². The fourth-order valence-electron chi connectivity index (χ4n) is 2.37. The molecule has 0 saturated carbocycles. The number of hydrogen-bond donors (Lipinski definition) is 0. The Labute approximate surface area is 118 Å². The van der Waals surface area contributed by atoms with E-state index in [2.05, 4.69) is 64.3 Å². The Morgan fingerprint density at radius 1 is 0.944 bits per heavy atom. The van der Waals surface area contributed by atoms with E-state index in [0.717, 1.165) is 0 Å². The standard InChI is InChI=1S/C17H28S/c1-16(2,13-9-10-14-18-5)17(3,4)15-11-7-6-8-12-15/h6-8,11-12H,9-10,13-14H2,1-5H3. The van der Waals surface area contributed by atoms with E-state index in [-0.39, 0.29) is 5.41 Å². The zero-order chi connectivity index (χ0) is 13.6. The van der Waals surface area contributed by atoms with E-state index >= 15 is 0 Å². The number of hydrogen-bond acceptors (Lipinski definition) is 1. The molecule has 0 saturated heterocycles. The van der Waals surface area contributed by atoms with Gasteiger partial charge in [-0.1, -0.05) is 64.4 Å². The first-order valence-corrected chi connectivity index (χ1v) is 8.36. The van der Waals surface area contributed by atoms with Crippen molar-refractivity contribution >= 4 is 11.8 Å². The molecule has 102 valence electrons. The van der Waals surface area contributed by atoms with Gasteiger partial charge in [-0.25, -0.2) is 0 Å². The molecule has 1 rings (SSSR count). The number of benzene rings is 1. The highest BCUT2D eigenvalue weighted by Gasteiger charge is 2.37. The molecule has 0 atom stereocenters. The van der Waals surface area contributed by atoms with Crippen LogP contribution >= 0.6 is 11.8 Å². The van der Waals surface area contributed by atoms with Crippen molar-refractivity contribution in [1.29, 1.82) is 0 Å². The molecule has 0 heterocycles. The first kappa shape index (κ1) is 15.6. The number of rotatable bonds is 7. The molecule has 0 radical (unpaired) electrons. The molecular weight excluding hydrogens is 236 g/mol. The Kier molecular flexibility index (Phi) is 5.78. The van der Waals surface area contributed by atoms with Crippen LogP contribution in [0.4, 0.5) is 0 Å². The van der Waals surface area contributed by atoms with Crippen LogP contribution in [-0.4, -0.2) is 12.0 Å². The maximum absolute atomic E-state index is 2.42. The third kappa shape index (κ3) is 3.78. The van der Waals surface area contributed by atoms with Crippen LogP contribution < -0.4 is 0 Å². The summed E-state index contributed by atoms with van der Waals surface area (Å²) in [4.78, 5) is 0. The maximum Gasteiger partial charge on any atom is -0.00524 e. The predicted molar refractivity (Wildman–Crippen MR) is 85.5 cm³/mol. The van der Waals surface area contributed by atoms with Crippen molar-refractivity contribution < 1.29 is 0 Å². The normalized spacial score (nSPS) is 12.7. The third-order valence-corrected chi connectivity index (χ3v) is 5.28. The summed E-state index contributed by atoms with van der Waals surface area (Å²) in [5.41, 5.74) is 2.03. The molecule has 0 spiro atoms. The van der Waals surface area contributed by atoms with Crippen LogP contribution in [0, 0.1) is 5.41 Å². The van der Waals surface area contributed by atoms with Gasteiger partial charge < -0.3 is 0 Å². The lowest BCUT2D eigenvalue weighted by Gasteiger charge is -2.42. The molecule has 1 aromatic carbocycles. The topological polar surface area (TPSA) is 0 Å².